The molecule has 1 heterocycles. The zero-order chi connectivity index (χ0) is 17.5. The number of piperazine rings is 1. The molecule has 3 rings (SSSR count). The van der Waals surface area contributed by atoms with E-state index in [2.05, 4.69) is 27.2 Å². The van der Waals surface area contributed by atoms with Gasteiger partial charge in [0.15, 0.2) is 0 Å². The van der Waals surface area contributed by atoms with Gasteiger partial charge in [-0.3, -0.25) is 9.69 Å². The topological polar surface area (TPSA) is 44.8 Å². The van der Waals surface area contributed by atoms with E-state index in [1.54, 1.807) is 7.11 Å². The minimum atomic E-state index is 0.236. The molecule has 0 atom stereocenters. The predicted octanol–water partition coefficient (Wildman–Crippen LogP) is 2.51. The Morgan fingerprint density at radius 1 is 1.16 bits per heavy atom. The van der Waals surface area contributed by atoms with Crippen molar-refractivity contribution in [3.8, 4) is 5.75 Å². The molecule has 25 heavy (non-hydrogen) atoms. The number of hydrogen-bond acceptors (Lipinski definition) is 4. The number of methoxy groups -OCH3 is 1. The summed E-state index contributed by atoms with van der Waals surface area (Å²) in [6.45, 7) is 5.75. The maximum atomic E-state index is 12.0. The number of para-hydroxylation sites is 2. The first kappa shape index (κ1) is 18.1. The van der Waals surface area contributed by atoms with Crippen molar-refractivity contribution in [3.05, 3.63) is 24.3 Å². The van der Waals surface area contributed by atoms with Crippen molar-refractivity contribution >= 4 is 11.6 Å². The fraction of sp³-hybridized carbons (Fsp3) is 0.650. The first-order valence-electron chi connectivity index (χ1n) is 9.63. The van der Waals surface area contributed by atoms with E-state index < -0.39 is 0 Å². The van der Waals surface area contributed by atoms with Crippen molar-refractivity contribution in [2.45, 2.75) is 32.1 Å². The van der Waals surface area contributed by atoms with E-state index in [0.29, 0.717) is 5.92 Å². The molecule has 0 unspecified atom stereocenters. The van der Waals surface area contributed by atoms with Crippen molar-refractivity contribution in [1.29, 1.82) is 0 Å². The van der Waals surface area contributed by atoms with Gasteiger partial charge in [-0.1, -0.05) is 25.0 Å². The van der Waals surface area contributed by atoms with Gasteiger partial charge in [0, 0.05) is 45.7 Å². The highest BCUT2D eigenvalue weighted by Gasteiger charge is 2.20. The molecule has 1 saturated heterocycles. The normalized spacial score (nSPS) is 19.2. The van der Waals surface area contributed by atoms with Crippen LogP contribution in [0.15, 0.2) is 24.3 Å². The Hall–Kier alpha value is -1.75. The van der Waals surface area contributed by atoms with Gasteiger partial charge in [0.2, 0.25) is 5.91 Å². The second-order valence-electron chi connectivity index (χ2n) is 7.21. The molecule has 0 spiro atoms. The number of rotatable bonds is 7. The van der Waals surface area contributed by atoms with Crippen LogP contribution in [0.3, 0.4) is 0 Å². The van der Waals surface area contributed by atoms with E-state index >= 15 is 0 Å². The first-order valence-corrected chi connectivity index (χ1v) is 9.63. The minimum Gasteiger partial charge on any atom is -0.495 e. The number of benzene rings is 1. The number of nitrogens with zero attached hydrogens (tertiary/aromatic N) is 2. The van der Waals surface area contributed by atoms with Gasteiger partial charge in [-0.15, -0.1) is 0 Å². The van der Waals surface area contributed by atoms with Crippen molar-refractivity contribution in [2.75, 3.05) is 51.3 Å². The number of amides is 1. The number of anilines is 1. The summed E-state index contributed by atoms with van der Waals surface area (Å²) in [6.07, 6.45) is 5.79. The minimum absolute atomic E-state index is 0.236. The maximum absolute atomic E-state index is 12.0. The molecule has 5 nitrogen and oxygen atoms in total. The van der Waals surface area contributed by atoms with Crippen LogP contribution >= 0.6 is 0 Å². The Morgan fingerprint density at radius 2 is 1.88 bits per heavy atom. The summed E-state index contributed by atoms with van der Waals surface area (Å²) in [7, 11) is 1.73. The largest absolute Gasteiger partial charge is 0.495 e. The molecule has 1 aromatic carbocycles. The average molecular weight is 345 g/mol. The van der Waals surface area contributed by atoms with Crippen molar-refractivity contribution in [1.82, 2.24) is 10.2 Å². The molecule has 1 saturated carbocycles. The molecule has 1 aliphatic heterocycles. The van der Waals surface area contributed by atoms with Crippen molar-refractivity contribution < 1.29 is 9.53 Å². The molecule has 0 bridgehead atoms. The molecule has 1 aromatic rings. The second kappa shape index (κ2) is 9.09. The summed E-state index contributed by atoms with van der Waals surface area (Å²) in [4.78, 5) is 16.8. The lowest BCUT2D eigenvalue weighted by molar-refractivity contribution is -0.122. The van der Waals surface area contributed by atoms with Gasteiger partial charge in [-0.2, -0.15) is 0 Å². The lowest BCUT2D eigenvalue weighted by atomic mass is 10.0. The zero-order valence-corrected chi connectivity index (χ0v) is 15.4. The van der Waals surface area contributed by atoms with Crippen LogP contribution in [-0.4, -0.2) is 57.2 Å². The Labute approximate surface area is 151 Å². The Morgan fingerprint density at radius 3 is 2.60 bits per heavy atom. The van der Waals surface area contributed by atoms with E-state index in [4.69, 9.17) is 4.74 Å². The predicted molar refractivity (Wildman–Crippen MR) is 101 cm³/mol. The van der Waals surface area contributed by atoms with Gasteiger partial charge in [0.05, 0.1) is 12.8 Å². The van der Waals surface area contributed by atoms with E-state index in [-0.39, 0.29) is 5.91 Å². The highest BCUT2D eigenvalue weighted by Crippen LogP contribution is 2.28. The molecule has 2 fully saturated rings. The summed E-state index contributed by atoms with van der Waals surface area (Å²) in [5, 5.41) is 3.10. The Bertz CT molecular complexity index is 550. The van der Waals surface area contributed by atoms with Gasteiger partial charge in [-0.25, -0.2) is 0 Å². The molecular weight excluding hydrogens is 314 g/mol. The van der Waals surface area contributed by atoms with Crippen LogP contribution < -0.4 is 15.0 Å². The number of carbonyl (C=O) groups excluding carboxylic acids is 1. The molecular formula is C20H31N3O2. The smallest absolute Gasteiger partial charge is 0.220 e. The van der Waals surface area contributed by atoms with Crippen LogP contribution in [0.1, 0.15) is 32.1 Å². The molecule has 0 radical (unpaired) electrons. The van der Waals surface area contributed by atoms with Gasteiger partial charge >= 0.3 is 0 Å². The van der Waals surface area contributed by atoms with Crippen LogP contribution in [-0.2, 0) is 4.79 Å². The molecule has 1 N–H and O–H groups in total. The van der Waals surface area contributed by atoms with Gasteiger partial charge in [-0.05, 0) is 30.9 Å². The highest BCUT2D eigenvalue weighted by molar-refractivity contribution is 5.76. The summed E-state index contributed by atoms with van der Waals surface area (Å²) in [5.41, 5.74) is 1.18. The summed E-state index contributed by atoms with van der Waals surface area (Å²) in [5.74, 6) is 1.80. The Balaban J connectivity index is 1.35. The standard InChI is InChI=1S/C20H31N3O2/c1-25-19-9-5-4-8-18(19)23-14-12-22(13-15-23)11-10-21-20(24)16-17-6-2-3-7-17/h4-5,8-9,17H,2-3,6-7,10-16H2,1H3,(H,21,24). The van der Waals surface area contributed by atoms with Crippen LogP contribution in [0.25, 0.3) is 0 Å². The Kier molecular flexibility index (Phi) is 6.56. The lowest BCUT2D eigenvalue weighted by Gasteiger charge is -2.36. The number of hydrogen-bond donors (Lipinski definition) is 1. The molecule has 0 aromatic heterocycles. The zero-order valence-electron chi connectivity index (χ0n) is 15.4. The van der Waals surface area contributed by atoms with Crippen LogP contribution in [0, 0.1) is 5.92 Å². The number of ether oxygens (including phenoxy) is 1. The lowest BCUT2D eigenvalue weighted by Crippen LogP contribution is -2.48. The van der Waals surface area contributed by atoms with Crippen LogP contribution in [0.2, 0.25) is 0 Å². The number of carbonyl (C=O) groups is 1. The summed E-state index contributed by atoms with van der Waals surface area (Å²) < 4.78 is 5.47. The molecule has 5 heteroatoms. The van der Waals surface area contributed by atoms with E-state index in [1.165, 1.54) is 31.4 Å². The van der Waals surface area contributed by atoms with E-state index in [9.17, 15) is 4.79 Å². The first-order chi connectivity index (χ1) is 12.3. The number of nitrogens with one attached hydrogen (secondary N) is 1. The maximum Gasteiger partial charge on any atom is 0.220 e. The van der Waals surface area contributed by atoms with E-state index in [0.717, 1.165) is 51.4 Å². The van der Waals surface area contributed by atoms with Crippen molar-refractivity contribution in [2.24, 2.45) is 5.92 Å². The average Bonchev–Trinajstić information content (AvgIpc) is 3.15. The third kappa shape index (κ3) is 5.11. The quantitative estimate of drug-likeness (QED) is 0.825. The van der Waals surface area contributed by atoms with Crippen LogP contribution in [0.4, 0.5) is 5.69 Å². The van der Waals surface area contributed by atoms with Crippen LogP contribution in [0.5, 0.6) is 5.75 Å². The van der Waals surface area contributed by atoms with E-state index in [1.807, 2.05) is 12.1 Å². The highest BCUT2D eigenvalue weighted by atomic mass is 16.5. The third-order valence-electron chi connectivity index (χ3n) is 5.50. The van der Waals surface area contributed by atoms with Crippen molar-refractivity contribution in [3.63, 3.8) is 0 Å². The molecule has 1 amide bonds. The third-order valence-corrected chi connectivity index (χ3v) is 5.50. The van der Waals surface area contributed by atoms with Gasteiger partial charge in [0.1, 0.15) is 5.75 Å². The monoisotopic (exact) mass is 345 g/mol. The fourth-order valence-electron chi connectivity index (χ4n) is 4.01. The van der Waals surface area contributed by atoms with Gasteiger partial charge in [0.25, 0.3) is 0 Å². The van der Waals surface area contributed by atoms with Gasteiger partial charge < -0.3 is 15.0 Å². The molecule has 138 valence electrons. The SMILES string of the molecule is COc1ccccc1N1CCN(CCNC(=O)CC2CCCC2)CC1. The fourth-order valence-corrected chi connectivity index (χ4v) is 4.01. The summed E-state index contributed by atoms with van der Waals surface area (Å²) >= 11 is 0. The molecule has 1 aliphatic carbocycles. The second-order valence-corrected chi connectivity index (χ2v) is 7.21. The molecule has 2 aliphatic rings. The summed E-state index contributed by atoms with van der Waals surface area (Å²) in [6, 6.07) is 8.20.